The van der Waals surface area contributed by atoms with Crippen molar-refractivity contribution in [3.63, 3.8) is 0 Å². The Morgan fingerprint density at radius 3 is 2.59 bits per heavy atom. The van der Waals surface area contributed by atoms with Gasteiger partial charge in [-0.3, -0.25) is 4.79 Å². The van der Waals surface area contributed by atoms with E-state index in [4.69, 9.17) is 4.98 Å². The molecule has 0 amide bonds. The lowest BCUT2D eigenvalue weighted by molar-refractivity contribution is -0.120. The molecule has 1 atom stereocenters. The Morgan fingerprint density at radius 1 is 1.07 bits per heavy atom. The van der Waals surface area contributed by atoms with E-state index in [2.05, 4.69) is 37.3 Å². The van der Waals surface area contributed by atoms with E-state index in [-0.39, 0.29) is 10.8 Å². The number of ketones is 1. The second-order valence-corrected chi connectivity index (χ2v) is 9.60. The second-order valence-electron chi connectivity index (χ2n) is 8.75. The maximum Gasteiger partial charge on any atom is 0.160 e. The summed E-state index contributed by atoms with van der Waals surface area (Å²) in [5.41, 5.74) is 6.93. The van der Waals surface area contributed by atoms with Crippen LogP contribution in [0.4, 0.5) is 0 Å². The first-order valence-corrected chi connectivity index (χ1v) is 11.3. The summed E-state index contributed by atoms with van der Waals surface area (Å²) in [4.78, 5) is 19.8. The molecule has 2 aromatic rings. The van der Waals surface area contributed by atoms with E-state index in [1.54, 1.807) is 11.3 Å². The van der Waals surface area contributed by atoms with Crippen LogP contribution in [0.3, 0.4) is 0 Å². The minimum absolute atomic E-state index is 0.234. The maximum absolute atomic E-state index is 13.7. The van der Waals surface area contributed by atoms with Crippen molar-refractivity contribution in [1.29, 1.82) is 0 Å². The Morgan fingerprint density at radius 2 is 1.85 bits per heavy atom. The molecular formula is C24H27NOS. The van der Waals surface area contributed by atoms with Crippen LogP contribution >= 0.6 is 11.3 Å². The number of aromatic nitrogens is 1. The first-order valence-electron chi connectivity index (χ1n) is 10.4. The van der Waals surface area contributed by atoms with Crippen LogP contribution in [0.1, 0.15) is 74.4 Å². The smallest absolute Gasteiger partial charge is 0.160 e. The van der Waals surface area contributed by atoms with Gasteiger partial charge < -0.3 is 0 Å². The predicted octanol–water partition coefficient (Wildman–Crippen LogP) is 6.01. The Balaban J connectivity index is 1.71. The fourth-order valence-electron chi connectivity index (χ4n) is 6.17. The van der Waals surface area contributed by atoms with Crippen molar-refractivity contribution in [2.24, 2.45) is 5.41 Å². The molecule has 0 saturated heterocycles. The predicted molar refractivity (Wildman–Crippen MR) is 110 cm³/mol. The molecule has 1 fully saturated rings. The monoisotopic (exact) mass is 377 g/mol. The molecule has 27 heavy (non-hydrogen) atoms. The zero-order valence-electron chi connectivity index (χ0n) is 16.1. The highest BCUT2D eigenvalue weighted by atomic mass is 32.1. The van der Waals surface area contributed by atoms with Crippen molar-refractivity contribution in [1.82, 2.24) is 4.98 Å². The number of benzene rings is 1. The number of fused-ring (bicyclic) bond motifs is 1. The van der Waals surface area contributed by atoms with Gasteiger partial charge in [-0.2, -0.15) is 0 Å². The summed E-state index contributed by atoms with van der Waals surface area (Å²) in [5.74, 6) is 0.419. The van der Waals surface area contributed by atoms with Gasteiger partial charge in [0.2, 0.25) is 0 Å². The van der Waals surface area contributed by atoms with E-state index in [1.165, 1.54) is 53.8 Å². The molecule has 1 spiro atoms. The number of Topliss-reactive ketones (excluding diaryl/α,β-unsaturated/α-hetero) is 1. The average molecular weight is 378 g/mol. The molecule has 1 aromatic carbocycles. The highest BCUT2D eigenvalue weighted by molar-refractivity contribution is 7.10. The molecule has 2 nitrogen and oxygen atoms in total. The number of hydrogen-bond acceptors (Lipinski definition) is 3. The van der Waals surface area contributed by atoms with E-state index < -0.39 is 0 Å². The Labute approximate surface area is 165 Å². The molecule has 0 radical (unpaired) electrons. The maximum atomic E-state index is 13.7. The first-order chi connectivity index (χ1) is 13.2. The van der Waals surface area contributed by atoms with Gasteiger partial charge in [0.15, 0.2) is 5.78 Å². The van der Waals surface area contributed by atoms with Crippen LogP contribution in [0, 0.1) is 5.41 Å². The van der Waals surface area contributed by atoms with Gasteiger partial charge in [-0.15, -0.1) is 11.3 Å². The quantitative estimate of drug-likeness (QED) is 0.642. The summed E-state index contributed by atoms with van der Waals surface area (Å²) in [6.45, 7) is 2.24. The van der Waals surface area contributed by atoms with Gasteiger partial charge in [-0.05, 0) is 36.7 Å². The molecule has 0 aliphatic heterocycles. The lowest BCUT2D eigenvalue weighted by atomic mass is 9.56. The van der Waals surface area contributed by atoms with Crippen LogP contribution in [-0.4, -0.2) is 10.8 Å². The minimum Gasteiger partial charge on any atom is -0.294 e. The Kier molecular flexibility index (Phi) is 4.12. The summed E-state index contributed by atoms with van der Waals surface area (Å²) < 4.78 is 0. The van der Waals surface area contributed by atoms with Gasteiger partial charge >= 0.3 is 0 Å². The van der Waals surface area contributed by atoms with Crippen molar-refractivity contribution < 1.29 is 4.79 Å². The zero-order chi connectivity index (χ0) is 18.5. The third-order valence-electron chi connectivity index (χ3n) is 7.30. The third-order valence-corrected chi connectivity index (χ3v) is 8.33. The summed E-state index contributed by atoms with van der Waals surface area (Å²) in [6, 6.07) is 10.7. The van der Waals surface area contributed by atoms with Gasteiger partial charge in [0.25, 0.3) is 0 Å². The van der Waals surface area contributed by atoms with Crippen molar-refractivity contribution in [3.8, 4) is 0 Å². The SMILES string of the molecule is CCC1(c2ccccc2)C2=C(Cc3ncsc31)CC1(CCCCC1)CC2=O. The van der Waals surface area contributed by atoms with Crippen LogP contribution in [0.15, 0.2) is 47.0 Å². The van der Waals surface area contributed by atoms with Crippen LogP contribution < -0.4 is 0 Å². The molecule has 0 bridgehead atoms. The van der Waals surface area contributed by atoms with E-state index in [0.29, 0.717) is 5.78 Å². The van der Waals surface area contributed by atoms with E-state index in [9.17, 15) is 4.79 Å². The molecule has 3 heteroatoms. The van der Waals surface area contributed by atoms with Crippen LogP contribution in [0.5, 0.6) is 0 Å². The number of hydrogen-bond donors (Lipinski definition) is 0. The van der Waals surface area contributed by atoms with E-state index >= 15 is 0 Å². The molecule has 3 aliphatic rings. The van der Waals surface area contributed by atoms with Crippen LogP contribution in [0.25, 0.3) is 0 Å². The lowest BCUT2D eigenvalue weighted by Crippen LogP contribution is -2.43. The summed E-state index contributed by atoms with van der Waals surface area (Å²) in [5, 5.41) is 0. The first kappa shape index (κ1) is 17.4. The summed E-state index contributed by atoms with van der Waals surface area (Å²) >= 11 is 1.74. The lowest BCUT2D eigenvalue weighted by Gasteiger charge is -2.48. The van der Waals surface area contributed by atoms with Crippen molar-refractivity contribution >= 4 is 17.1 Å². The number of carbonyl (C=O) groups is 1. The standard InChI is InChI=1S/C24H27NOS/c1-2-24(18-9-5-3-6-10-18)21-17(13-19-22(24)27-16-25-19)14-23(15-20(21)26)11-7-4-8-12-23/h3,5-6,9-10,16H,2,4,7-8,11-15H2,1H3. The van der Waals surface area contributed by atoms with E-state index in [1.807, 2.05) is 5.51 Å². The normalized spacial score (nSPS) is 26.8. The summed E-state index contributed by atoms with van der Waals surface area (Å²) in [6.07, 6.45) is 10.0. The van der Waals surface area contributed by atoms with Gasteiger partial charge in [0.05, 0.1) is 16.6 Å². The Hall–Kier alpha value is -1.74. The summed E-state index contributed by atoms with van der Waals surface area (Å²) in [7, 11) is 0. The largest absolute Gasteiger partial charge is 0.294 e. The van der Waals surface area contributed by atoms with Crippen LogP contribution in [0.2, 0.25) is 0 Å². The molecule has 1 heterocycles. The van der Waals surface area contributed by atoms with Gasteiger partial charge in [-0.1, -0.05) is 62.1 Å². The second kappa shape index (κ2) is 6.41. The number of carbonyl (C=O) groups excluding carboxylic acids is 1. The molecule has 1 saturated carbocycles. The van der Waals surface area contributed by atoms with Crippen molar-refractivity contribution in [2.45, 2.75) is 70.1 Å². The molecule has 0 N–H and O–H groups in total. The molecule has 3 aliphatic carbocycles. The van der Waals surface area contributed by atoms with Crippen molar-refractivity contribution in [3.05, 3.63) is 63.1 Å². The number of allylic oxidation sites excluding steroid dienone is 2. The number of nitrogens with zero attached hydrogens (tertiary/aromatic N) is 1. The van der Waals surface area contributed by atoms with Gasteiger partial charge in [-0.25, -0.2) is 4.98 Å². The molecule has 5 rings (SSSR count). The number of rotatable bonds is 2. The topological polar surface area (TPSA) is 30.0 Å². The molecule has 1 aromatic heterocycles. The minimum atomic E-state index is -0.293. The van der Waals surface area contributed by atoms with Gasteiger partial charge in [0.1, 0.15) is 0 Å². The van der Waals surface area contributed by atoms with Crippen LogP contribution in [-0.2, 0) is 16.6 Å². The number of thiazole rings is 1. The highest BCUT2D eigenvalue weighted by Gasteiger charge is 2.51. The molecular weight excluding hydrogens is 350 g/mol. The van der Waals surface area contributed by atoms with Crippen molar-refractivity contribution in [2.75, 3.05) is 0 Å². The fraction of sp³-hybridized carbons (Fsp3) is 0.500. The van der Waals surface area contributed by atoms with E-state index in [0.717, 1.165) is 31.3 Å². The fourth-order valence-corrected chi connectivity index (χ4v) is 7.28. The Bertz CT molecular complexity index is 903. The molecule has 140 valence electrons. The van der Waals surface area contributed by atoms with Gasteiger partial charge in [0, 0.05) is 23.3 Å². The highest BCUT2D eigenvalue weighted by Crippen LogP contribution is 2.57. The third kappa shape index (κ3) is 2.51. The zero-order valence-corrected chi connectivity index (χ0v) is 16.9. The average Bonchev–Trinajstić information content (AvgIpc) is 3.16. The molecule has 1 unspecified atom stereocenters.